The third kappa shape index (κ3) is 3.89. The van der Waals surface area contributed by atoms with Crippen molar-refractivity contribution in [3.63, 3.8) is 0 Å². The predicted octanol–water partition coefficient (Wildman–Crippen LogP) is 3.31. The van der Waals surface area contributed by atoms with Crippen LogP contribution in [0, 0.1) is 13.8 Å². The van der Waals surface area contributed by atoms with Crippen LogP contribution in [0.15, 0.2) is 34.9 Å². The minimum atomic E-state index is -0.222. The summed E-state index contributed by atoms with van der Waals surface area (Å²) in [5.41, 5.74) is 3.29. The summed E-state index contributed by atoms with van der Waals surface area (Å²) in [4.78, 5) is 17.0. The van der Waals surface area contributed by atoms with Crippen molar-refractivity contribution in [1.82, 2.24) is 15.5 Å². The zero-order chi connectivity index (χ0) is 18.5. The van der Waals surface area contributed by atoms with Crippen molar-refractivity contribution in [2.45, 2.75) is 13.8 Å². The van der Waals surface area contributed by atoms with Crippen LogP contribution in [0.4, 0.5) is 0 Å². The van der Waals surface area contributed by atoms with E-state index in [2.05, 4.69) is 15.5 Å². The van der Waals surface area contributed by atoms with Crippen molar-refractivity contribution in [3.8, 4) is 11.3 Å². The number of carbonyl (C=O) groups is 1. The Kier molecular flexibility index (Phi) is 5.60. The summed E-state index contributed by atoms with van der Waals surface area (Å²) >= 11 is 1.30. The molecule has 7 heteroatoms. The standard InChI is InChI=1S/C19H19N3O3S/c1-12-18(19(24)20-10-11-23)26-16(21-12)9-8-15-13(2)25-22-17(15)14-6-4-3-5-7-14/h3-9,23H,10-11H2,1-2H3,(H,20,24). The third-order valence-corrected chi connectivity index (χ3v) is 4.89. The predicted molar refractivity (Wildman–Crippen MR) is 102 cm³/mol. The van der Waals surface area contributed by atoms with Crippen LogP contribution in [0.1, 0.15) is 31.7 Å². The maximum absolute atomic E-state index is 12.1. The summed E-state index contributed by atoms with van der Waals surface area (Å²) in [7, 11) is 0. The van der Waals surface area contributed by atoms with Crippen molar-refractivity contribution in [3.05, 3.63) is 57.2 Å². The Morgan fingerprint density at radius 1 is 1.27 bits per heavy atom. The van der Waals surface area contributed by atoms with Gasteiger partial charge in [-0.1, -0.05) is 35.5 Å². The Labute approximate surface area is 155 Å². The molecule has 0 unspecified atom stereocenters. The van der Waals surface area contributed by atoms with Crippen LogP contribution in [-0.2, 0) is 0 Å². The lowest BCUT2D eigenvalue weighted by Gasteiger charge is -1.99. The van der Waals surface area contributed by atoms with E-state index >= 15 is 0 Å². The van der Waals surface area contributed by atoms with Crippen LogP contribution in [-0.4, -0.2) is 34.3 Å². The number of hydrogen-bond donors (Lipinski definition) is 2. The van der Waals surface area contributed by atoms with Gasteiger partial charge in [-0.2, -0.15) is 0 Å². The average Bonchev–Trinajstić information content (AvgIpc) is 3.21. The lowest BCUT2D eigenvalue weighted by molar-refractivity contribution is 0.0948. The molecule has 0 bridgehead atoms. The minimum absolute atomic E-state index is 0.0919. The molecule has 0 atom stereocenters. The first-order valence-electron chi connectivity index (χ1n) is 8.16. The third-order valence-electron chi connectivity index (χ3n) is 3.76. The molecule has 0 spiro atoms. The van der Waals surface area contributed by atoms with Crippen molar-refractivity contribution in [2.75, 3.05) is 13.2 Å². The number of aliphatic hydroxyl groups is 1. The Morgan fingerprint density at radius 3 is 2.77 bits per heavy atom. The molecule has 6 nitrogen and oxygen atoms in total. The fourth-order valence-electron chi connectivity index (χ4n) is 2.48. The lowest BCUT2D eigenvalue weighted by atomic mass is 10.1. The topological polar surface area (TPSA) is 88.2 Å². The fourth-order valence-corrected chi connectivity index (χ4v) is 3.37. The molecule has 2 heterocycles. The molecule has 0 saturated carbocycles. The highest BCUT2D eigenvalue weighted by Gasteiger charge is 2.15. The quantitative estimate of drug-likeness (QED) is 0.696. The average molecular weight is 369 g/mol. The van der Waals surface area contributed by atoms with Crippen LogP contribution in [0.5, 0.6) is 0 Å². The van der Waals surface area contributed by atoms with E-state index in [-0.39, 0.29) is 19.1 Å². The van der Waals surface area contributed by atoms with Crippen molar-refractivity contribution >= 4 is 29.4 Å². The van der Waals surface area contributed by atoms with Gasteiger partial charge in [0.25, 0.3) is 5.91 Å². The van der Waals surface area contributed by atoms with Crippen molar-refractivity contribution in [1.29, 1.82) is 0 Å². The molecule has 3 rings (SSSR count). The molecule has 0 aliphatic heterocycles. The zero-order valence-electron chi connectivity index (χ0n) is 14.5. The highest BCUT2D eigenvalue weighted by atomic mass is 32.1. The monoisotopic (exact) mass is 369 g/mol. The summed E-state index contributed by atoms with van der Waals surface area (Å²) in [5.74, 6) is 0.495. The molecule has 2 N–H and O–H groups in total. The summed E-state index contributed by atoms with van der Waals surface area (Å²) in [5, 5.41) is 16.3. The number of nitrogens with zero attached hydrogens (tertiary/aromatic N) is 2. The van der Waals surface area contributed by atoms with Gasteiger partial charge in [0.1, 0.15) is 21.3 Å². The van der Waals surface area contributed by atoms with Gasteiger partial charge in [0, 0.05) is 17.7 Å². The molecule has 0 saturated heterocycles. The molecule has 0 radical (unpaired) electrons. The van der Waals surface area contributed by atoms with E-state index in [1.807, 2.05) is 49.4 Å². The Hall–Kier alpha value is -2.77. The van der Waals surface area contributed by atoms with E-state index in [4.69, 9.17) is 9.63 Å². The molecular formula is C19H19N3O3S. The molecule has 0 fully saturated rings. The van der Waals surface area contributed by atoms with Gasteiger partial charge in [-0.3, -0.25) is 4.79 Å². The van der Waals surface area contributed by atoms with Crippen LogP contribution in [0.2, 0.25) is 0 Å². The fraction of sp³-hybridized carbons (Fsp3) is 0.211. The van der Waals surface area contributed by atoms with E-state index in [1.54, 1.807) is 6.92 Å². The minimum Gasteiger partial charge on any atom is -0.395 e. The summed E-state index contributed by atoms with van der Waals surface area (Å²) in [6, 6.07) is 9.81. The normalized spacial score (nSPS) is 11.2. The molecule has 134 valence electrons. The Balaban J connectivity index is 1.86. The first-order chi connectivity index (χ1) is 12.6. The van der Waals surface area contributed by atoms with Gasteiger partial charge in [0.15, 0.2) is 0 Å². The van der Waals surface area contributed by atoms with E-state index in [0.717, 1.165) is 21.8 Å². The van der Waals surface area contributed by atoms with Gasteiger partial charge < -0.3 is 14.9 Å². The number of carbonyl (C=O) groups excluding carboxylic acids is 1. The highest BCUT2D eigenvalue weighted by Crippen LogP contribution is 2.27. The first-order valence-corrected chi connectivity index (χ1v) is 8.98. The molecule has 1 aromatic carbocycles. The van der Waals surface area contributed by atoms with Gasteiger partial charge in [-0.25, -0.2) is 4.98 Å². The van der Waals surface area contributed by atoms with Gasteiger partial charge in [-0.05, 0) is 26.0 Å². The number of aryl methyl sites for hydroxylation is 2. The van der Waals surface area contributed by atoms with Crippen LogP contribution in [0.25, 0.3) is 23.4 Å². The number of aromatic nitrogens is 2. The van der Waals surface area contributed by atoms with E-state index in [0.29, 0.717) is 16.3 Å². The molecule has 3 aromatic rings. The summed E-state index contributed by atoms with van der Waals surface area (Å²) in [6.07, 6.45) is 3.76. The van der Waals surface area contributed by atoms with Crippen LogP contribution >= 0.6 is 11.3 Å². The SMILES string of the molecule is Cc1nc(C=Cc2c(-c3ccccc3)noc2C)sc1C(=O)NCCO. The number of hydrogen-bond acceptors (Lipinski definition) is 6. The molecule has 0 aliphatic rings. The van der Waals surface area contributed by atoms with Gasteiger partial charge in [0.05, 0.1) is 12.3 Å². The van der Waals surface area contributed by atoms with E-state index in [9.17, 15) is 4.79 Å². The maximum Gasteiger partial charge on any atom is 0.263 e. The number of nitrogens with one attached hydrogen (secondary N) is 1. The van der Waals surface area contributed by atoms with Gasteiger partial charge in [0.2, 0.25) is 0 Å². The van der Waals surface area contributed by atoms with Crippen molar-refractivity contribution in [2.24, 2.45) is 0 Å². The summed E-state index contributed by atoms with van der Waals surface area (Å²) < 4.78 is 5.34. The second-order valence-corrected chi connectivity index (χ2v) is 6.68. The number of thiazole rings is 1. The second-order valence-electron chi connectivity index (χ2n) is 5.65. The molecule has 2 aromatic heterocycles. The van der Waals surface area contributed by atoms with E-state index < -0.39 is 0 Å². The maximum atomic E-state index is 12.1. The smallest absolute Gasteiger partial charge is 0.263 e. The summed E-state index contributed by atoms with van der Waals surface area (Å²) in [6.45, 7) is 3.79. The van der Waals surface area contributed by atoms with Crippen molar-refractivity contribution < 1.29 is 14.4 Å². The van der Waals surface area contributed by atoms with Crippen LogP contribution < -0.4 is 5.32 Å². The lowest BCUT2D eigenvalue weighted by Crippen LogP contribution is -2.26. The molecule has 0 aliphatic carbocycles. The number of amides is 1. The second kappa shape index (κ2) is 8.07. The van der Waals surface area contributed by atoms with E-state index in [1.165, 1.54) is 11.3 Å². The van der Waals surface area contributed by atoms with Gasteiger partial charge in [-0.15, -0.1) is 11.3 Å². The van der Waals surface area contributed by atoms with Crippen LogP contribution in [0.3, 0.4) is 0 Å². The Morgan fingerprint density at radius 2 is 2.04 bits per heavy atom. The Bertz CT molecular complexity index is 929. The molecule has 26 heavy (non-hydrogen) atoms. The highest BCUT2D eigenvalue weighted by molar-refractivity contribution is 7.14. The largest absolute Gasteiger partial charge is 0.395 e. The number of rotatable bonds is 6. The number of aliphatic hydroxyl groups excluding tert-OH is 1. The molecular weight excluding hydrogens is 350 g/mol. The first kappa shape index (κ1) is 18.0. The van der Waals surface area contributed by atoms with Gasteiger partial charge >= 0.3 is 0 Å². The number of benzene rings is 1. The molecule has 1 amide bonds. The zero-order valence-corrected chi connectivity index (χ0v) is 15.3.